The minimum Gasteiger partial charge on any atom is -0.298 e. The van der Waals surface area contributed by atoms with Crippen LogP contribution in [0.5, 0.6) is 0 Å². The van der Waals surface area contributed by atoms with Gasteiger partial charge in [0.05, 0.1) is 11.4 Å². The second-order valence-corrected chi connectivity index (χ2v) is 8.05. The Balaban J connectivity index is 2.13. The van der Waals surface area contributed by atoms with Crippen LogP contribution < -0.4 is 4.72 Å². The van der Waals surface area contributed by atoms with Crippen molar-refractivity contribution in [3.05, 3.63) is 29.3 Å². The van der Waals surface area contributed by atoms with Crippen LogP contribution in [0, 0.1) is 5.41 Å². The average Bonchev–Trinajstić information content (AvgIpc) is 2.81. The number of hydrogen-bond donors (Lipinski definition) is 1. The van der Waals surface area contributed by atoms with Gasteiger partial charge in [0.15, 0.2) is 5.78 Å². The molecule has 0 saturated carbocycles. The first kappa shape index (κ1) is 15.2. The van der Waals surface area contributed by atoms with Gasteiger partial charge in [-0.05, 0) is 42.5 Å². The molecule has 0 aliphatic heterocycles. The van der Waals surface area contributed by atoms with E-state index < -0.39 is 15.4 Å². The first-order valence-electron chi connectivity index (χ1n) is 6.85. The third kappa shape index (κ3) is 3.27. The Morgan fingerprint density at radius 2 is 1.85 bits per heavy atom. The van der Waals surface area contributed by atoms with Gasteiger partial charge in [-0.15, -0.1) is 0 Å². The van der Waals surface area contributed by atoms with Crippen molar-refractivity contribution >= 4 is 15.8 Å². The van der Waals surface area contributed by atoms with Crippen LogP contribution in [0.25, 0.3) is 0 Å². The fraction of sp³-hybridized carbons (Fsp3) is 0.533. The van der Waals surface area contributed by atoms with Crippen LogP contribution in [0.15, 0.2) is 23.1 Å². The van der Waals surface area contributed by atoms with Crippen LogP contribution in [-0.4, -0.2) is 20.7 Å². The molecule has 0 fully saturated rings. The molecule has 0 bridgehead atoms. The molecule has 1 aliphatic rings. The summed E-state index contributed by atoms with van der Waals surface area (Å²) >= 11 is 0. The molecule has 4 nitrogen and oxygen atoms in total. The normalized spacial score (nSPS) is 15.2. The number of ketones is 1. The second kappa shape index (κ2) is 5.30. The summed E-state index contributed by atoms with van der Waals surface area (Å²) < 4.78 is 26.8. The molecule has 1 aromatic rings. The van der Waals surface area contributed by atoms with Crippen LogP contribution in [0.4, 0.5) is 0 Å². The molecule has 0 unspecified atom stereocenters. The quantitative estimate of drug-likeness (QED) is 0.925. The number of carbonyl (C=O) groups excluding carboxylic acids is 1. The second-order valence-electron chi connectivity index (χ2n) is 6.28. The van der Waals surface area contributed by atoms with Crippen molar-refractivity contribution in [2.24, 2.45) is 5.41 Å². The van der Waals surface area contributed by atoms with E-state index in [0.717, 1.165) is 24.8 Å². The highest BCUT2D eigenvalue weighted by molar-refractivity contribution is 7.89. The standard InChI is InChI=1S/C15H21NO3S/c1-15(2,3)14(17)10-16-20(18,19)13-8-7-11-5-4-6-12(11)9-13/h7-9,16H,4-6,10H2,1-3H3. The summed E-state index contributed by atoms with van der Waals surface area (Å²) in [6.07, 6.45) is 3.03. The molecule has 110 valence electrons. The summed E-state index contributed by atoms with van der Waals surface area (Å²) in [6.45, 7) is 5.17. The van der Waals surface area contributed by atoms with Gasteiger partial charge in [-0.2, -0.15) is 0 Å². The lowest BCUT2D eigenvalue weighted by Gasteiger charge is -2.17. The third-order valence-electron chi connectivity index (χ3n) is 3.64. The largest absolute Gasteiger partial charge is 0.298 e. The summed E-state index contributed by atoms with van der Waals surface area (Å²) in [4.78, 5) is 12.1. The molecule has 1 aromatic carbocycles. The number of rotatable bonds is 4. The first-order valence-corrected chi connectivity index (χ1v) is 8.33. The molecular formula is C15H21NO3S. The maximum atomic E-state index is 12.2. The van der Waals surface area contributed by atoms with E-state index >= 15 is 0 Å². The van der Waals surface area contributed by atoms with Gasteiger partial charge in [-0.3, -0.25) is 4.79 Å². The topological polar surface area (TPSA) is 63.2 Å². The van der Waals surface area contributed by atoms with Crippen LogP contribution >= 0.6 is 0 Å². The Bertz CT molecular complexity index is 627. The predicted molar refractivity (Wildman–Crippen MR) is 78.1 cm³/mol. The lowest BCUT2D eigenvalue weighted by atomic mass is 9.91. The Kier molecular flexibility index (Phi) is 4.02. The van der Waals surface area contributed by atoms with E-state index in [9.17, 15) is 13.2 Å². The van der Waals surface area contributed by atoms with Crippen molar-refractivity contribution in [1.82, 2.24) is 4.72 Å². The predicted octanol–water partition coefficient (Wildman–Crippen LogP) is 2.07. The van der Waals surface area contributed by atoms with Crippen LogP contribution in [0.1, 0.15) is 38.3 Å². The first-order chi connectivity index (χ1) is 9.20. The zero-order chi connectivity index (χ0) is 15.0. The summed E-state index contributed by atoms with van der Waals surface area (Å²) in [5, 5.41) is 0. The number of hydrogen-bond acceptors (Lipinski definition) is 3. The zero-order valence-corrected chi connectivity index (χ0v) is 13.0. The molecule has 1 N–H and O–H groups in total. The minimum absolute atomic E-state index is 0.123. The Labute approximate surface area is 120 Å². The molecule has 0 spiro atoms. The summed E-state index contributed by atoms with van der Waals surface area (Å²) in [5.41, 5.74) is 1.80. The monoisotopic (exact) mass is 295 g/mol. The van der Waals surface area contributed by atoms with E-state index in [1.54, 1.807) is 32.9 Å². The molecular weight excluding hydrogens is 274 g/mol. The number of carbonyl (C=O) groups is 1. The van der Waals surface area contributed by atoms with E-state index in [1.807, 2.05) is 6.07 Å². The minimum atomic E-state index is -3.61. The Morgan fingerprint density at radius 1 is 1.20 bits per heavy atom. The van der Waals surface area contributed by atoms with Crippen LogP contribution in [-0.2, 0) is 27.7 Å². The van der Waals surface area contributed by atoms with Gasteiger partial charge in [-0.25, -0.2) is 13.1 Å². The lowest BCUT2D eigenvalue weighted by molar-refractivity contribution is -0.125. The SMILES string of the molecule is CC(C)(C)C(=O)CNS(=O)(=O)c1ccc2c(c1)CCC2. The van der Waals surface area contributed by atoms with Crippen molar-refractivity contribution < 1.29 is 13.2 Å². The molecule has 20 heavy (non-hydrogen) atoms. The van der Waals surface area contributed by atoms with Gasteiger partial charge in [0.25, 0.3) is 0 Å². The number of aryl methyl sites for hydroxylation is 2. The van der Waals surface area contributed by atoms with Crippen LogP contribution in [0.2, 0.25) is 0 Å². The maximum absolute atomic E-state index is 12.2. The van der Waals surface area contributed by atoms with Crippen LogP contribution in [0.3, 0.4) is 0 Å². The van der Waals surface area contributed by atoms with E-state index in [-0.39, 0.29) is 17.2 Å². The summed E-state index contributed by atoms with van der Waals surface area (Å²) in [5.74, 6) is -0.123. The molecule has 0 atom stereocenters. The molecule has 0 saturated heterocycles. The summed E-state index contributed by atoms with van der Waals surface area (Å²) in [6, 6.07) is 5.22. The van der Waals surface area contributed by atoms with Crippen molar-refractivity contribution in [1.29, 1.82) is 0 Å². The van der Waals surface area contributed by atoms with Gasteiger partial charge in [-0.1, -0.05) is 26.8 Å². The number of sulfonamides is 1. The molecule has 0 amide bonds. The number of benzene rings is 1. The van der Waals surface area contributed by atoms with Gasteiger partial charge in [0, 0.05) is 5.41 Å². The Hall–Kier alpha value is -1.20. The highest BCUT2D eigenvalue weighted by Gasteiger charge is 2.24. The van der Waals surface area contributed by atoms with Gasteiger partial charge in [0.2, 0.25) is 10.0 Å². The average molecular weight is 295 g/mol. The molecule has 0 radical (unpaired) electrons. The summed E-state index contributed by atoms with van der Waals surface area (Å²) in [7, 11) is -3.61. The molecule has 0 heterocycles. The van der Waals surface area contributed by atoms with Gasteiger partial charge in [0.1, 0.15) is 0 Å². The number of Topliss-reactive ketones (excluding diaryl/α,β-unsaturated/α-hetero) is 1. The van der Waals surface area contributed by atoms with E-state index in [4.69, 9.17) is 0 Å². The van der Waals surface area contributed by atoms with Gasteiger partial charge >= 0.3 is 0 Å². The molecule has 2 rings (SSSR count). The molecule has 0 aromatic heterocycles. The van der Waals surface area contributed by atoms with E-state index in [2.05, 4.69) is 4.72 Å². The highest BCUT2D eigenvalue weighted by Crippen LogP contribution is 2.24. The third-order valence-corrected chi connectivity index (χ3v) is 5.04. The van der Waals surface area contributed by atoms with Crippen molar-refractivity contribution in [2.45, 2.75) is 44.9 Å². The smallest absolute Gasteiger partial charge is 0.240 e. The fourth-order valence-electron chi connectivity index (χ4n) is 2.22. The lowest BCUT2D eigenvalue weighted by Crippen LogP contribution is -2.35. The molecule has 5 heteroatoms. The zero-order valence-electron chi connectivity index (χ0n) is 12.2. The number of fused-ring (bicyclic) bond motifs is 1. The van der Waals surface area contributed by atoms with Gasteiger partial charge < -0.3 is 0 Å². The maximum Gasteiger partial charge on any atom is 0.240 e. The Morgan fingerprint density at radius 3 is 2.50 bits per heavy atom. The van der Waals surface area contributed by atoms with E-state index in [0.29, 0.717) is 0 Å². The highest BCUT2D eigenvalue weighted by atomic mass is 32.2. The van der Waals surface area contributed by atoms with Crippen molar-refractivity contribution in [3.63, 3.8) is 0 Å². The van der Waals surface area contributed by atoms with Crippen molar-refractivity contribution in [3.8, 4) is 0 Å². The molecule has 1 aliphatic carbocycles. The fourth-order valence-corrected chi connectivity index (χ4v) is 3.26. The number of nitrogens with one attached hydrogen (secondary N) is 1. The van der Waals surface area contributed by atoms with Crippen molar-refractivity contribution in [2.75, 3.05) is 6.54 Å². The van der Waals surface area contributed by atoms with E-state index in [1.165, 1.54) is 5.56 Å².